The van der Waals surface area contributed by atoms with Crippen molar-refractivity contribution in [2.45, 2.75) is 12.3 Å². The normalized spacial score (nSPS) is 12.7. The minimum atomic E-state index is -4.42. The molecule has 3 rings (SSSR count). The third-order valence-corrected chi connectivity index (χ3v) is 3.81. The van der Waals surface area contributed by atoms with Crippen LogP contribution >= 0.6 is 0 Å². The molecule has 0 aliphatic rings. The van der Waals surface area contributed by atoms with Crippen molar-refractivity contribution in [1.82, 2.24) is 14.7 Å². The maximum Gasteiger partial charge on any atom is 0.401 e. The molecule has 0 amide bonds. The predicted molar refractivity (Wildman–Crippen MR) is 93.5 cm³/mol. The van der Waals surface area contributed by atoms with Crippen molar-refractivity contribution in [1.29, 1.82) is 0 Å². The Labute approximate surface area is 152 Å². The van der Waals surface area contributed by atoms with E-state index in [2.05, 4.69) is 15.6 Å². The van der Waals surface area contributed by atoms with Gasteiger partial charge in [0.2, 0.25) is 0 Å². The first kappa shape index (κ1) is 18.6. The third-order valence-electron chi connectivity index (χ3n) is 3.81. The highest BCUT2D eigenvalue weighted by Crippen LogP contribution is 2.24. The number of aromatic nitrogens is 2. The highest BCUT2D eigenvalue weighted by Gasteiger charge is 2.28. The molecule has 0 saturated heterocycles. The SMILES string of the molecule is O=Cc1ccn2c(-c3cccc(NC(C=O)NCC(F)(F)F)c3)cnc2c1. The van der Waals surface area contributed by atoms with E-state index in [-0.39, 0.29) is 0 Å². The molecule has 0 spiro atoms. The number of alkyl halides is 3. The maximum atomic E-state index is 12.3. The third kappa shape index (κ3) is 4.50. The molecule has 0 aliphatic carbocycles. The smallest absolute Gasteiger partial charge is 0.364 e. The zero-order valence-corrected chi connectivity index (χ0v) is 13.9. The lowest BCUT2D eigenvalue weighted by Gasteiger charge is -2.17. The molecule has 2 heterocycles. The van der Waals surface area contributed by atoms with Crippen LogP contribution in [0.15, 0.2) is 48.8 Å². The van der Waals surface area contributed by atoms with Gasteiger partial charge in [-0.15, -0.1) is 0 Å². The van der Waals surface area contributed by atoms with Gasteiger partial charge in [0.25, 0.3) is 0 Å². The average Bonchev–Trinajstić information content (AvgIpc) is 3.07. The molecule has 1 unspecified atom stereocenters. The molecule has 0 saturated carbocycles. The summed E-state index contributed by atoms with van der Waals surface area (Å²) < 4.78 is 38.7. The van der Waals surface area contributed by atoms with Crippen LogP contribution < -0.4 is 10.6 Å². The molecule has 1 atom stereocenters. The largest absolute Gasteiger partial charge is 0.401 e. The van der Waals surface area contributed by atoms with Gasteiger partial charge in [0.1, 0.15) is 18.1 Å². The number of carbonyl (C=O) groups is 2. The Kier molecular flexibility index (Phi) is 5.22. The Morgan fingerprint density at radius 1 is 1.19 bits per heavy atom. The van der Waals surface area contributed by atoms with E-state index in [1.54, 1.807) is 53.2 Å². The second-order valence-electron chi connectivity index (χ2n) is 5.78. The van der Waals surface area contributed by atoms with Crippen LogP contribution in [-0.4, -0.2) is 40.8 Å². The van der Waals surface area contributed by atoms with Crippen LogP contribution in [0.5, 0.6) is 0 Å². The fraction of sp³-hybridized carbons (Fsp3) is 0.167. The summed E-state index contributed by atoms with van der Waals surface area (Å²) in [7, 11) is 0. The first-order chi connectivity index (χ1) is 12.9. The number of hydrogen-bond acceptors (Lipinski definition) is 5. The molecular weight excluding hydrogens is 361 g/mol. The van der Waals surface area contributed by atoms with Crippen molar-refractivity contribution in [3.63, 3.8) is 0 Å². The fourth-order valence-electron chi connectivity index (χ4n) is 2.59. The Morgan fingerprint density at radius 2 is 2.00 bits per heavy atom. The van der Waals surface area contributed by atoms with E-state index in [9.17, 15) is 22.8 Å². The van der Waals surface area contributed by atoms with Crippen LogP contribution in [0.25, 0.3) is 16.9 Å². The van der Waals surface area contributed by atoms with Gasteiger partial charge in [-0.3, -0.25) is 19.3 Å². The second-order valence-corrected chi connectivity index (χ2v) is 5.78. The summed E-state index contributed by atoms with van der Waals surface area (Å²) in [4.78, 5) is 26.2. The Hall–Kier alpha value is -3.20. The minimum absolute atomic E-state index is 0.369. The number of hydrogen-bond donors (Lipinski definition) is 2. The lowest BCUT2D eigenvalue weighted by atomic mass is 10.1. The zero-order valence-electron chi connectivity index (χ0n) is 13.9. The number of nitrogens with zero attached hydrogens (tertiary/aromatic N) is 2. The highest BCUT2D eigenvalue weighted by molar-refractivity contribution is 5.78. The van der Waals surface area contributed by atoms with Gasteiger partial charge >= 0.3 is 6.18 Å². The van der Waals surface area contributed by atoms with E-state index >= 15 is 0 Å². The molecule has 0 fully saturated rings. The van der Waals surface area contributed by atoms with Crippen molar-refractivity contribution in [2.24, 2.45) is 0 Å². The summed E-state index contributed by atoms with van der Waals surface area (Å²) in [6, 6.07) is 10.1. The summed E-state index contributed by atoms with van der Waals surface area (Å²) in [6.45, 7) is -1.28. The van der Waals surface area contributed by atoms with Crippen LogP contribution in [0, 0.1) is 0 Å². The number of benzene rings is 1. The maximum absolute atomic E-state index is 12.3. The summed E-state index contributed by atoms with van der Waals surface area (Å²) in [5, 5.41) is 4.81. The molecule has 0 bridgehead atoms. The molecule has 140 valence electrons. The standard InChI is InChI=1S/C18H15F3N4O2/c19-18(20,21)11-23-16(10-27)24-14-3-1-2-13(7-14)15-8-22-17-6-12(9-26)4-5-25(15)17/h1-10,16,23-24H,11H2. The molecule has 0 aliphatic heterocycles. The van der Waals surface area contributed by atoms with Gasteiger partial charge in [0.15, 0.2) is 6.29 Å². The number of aldehydes is 2. The van der Waals surface area contributed by atoms with Crippen LogP contribution in [-0.2, 0) is 4.79 Å². The van der Waals surface area contributed by atoms with Gasteiger partial charge in [-0.2, -0.15) is 13.2 Å². The van der Waals surface area contributed by atoms with Crippen molar-refractivity contribution in [3.8, 4) is 11.3 Å². The molecule has 1 aromatic carbocycles. The first-order valence-corrected chi connectivity index (χ1v) is 7.94. The van der Waals surface area contributed by atoms with E-state index in [0.717, 1.165) is 17.5 Å². The van der Waals surface area contributed by atoms with Crippen LogP contribution in [0.4, 0.5) is 18.9 Å². The lowest BCUT2D eigenvalue weighted by Crippen LogP contribution is -2.42. The molecule has 9 heteroatoms. The number of rotatable bonds is 7. The van der Waals surface area contributed by atoms with Crippen LogP contribution in [0.1, 0.15) is 10.4 Å². The Balaban J connectivity index is 1.83. The average molecular weight is 376 g/mol. The monoisotopic (exact) mass is 376 g/mol. The van der Waals surface area contributed by atoms with Gasteiger partial charge in [-0.05, 0) is 24.3 Å². The number of fused-ring (bicyclic) bond motifs is 1. The molecule has 6 nitrogen and oxygen atoms in total. The molecule has 27 heavy (non-hydrogen) atoms. The summed E-state index contributed by atoms with van der Waals surface area (Å²) >= 11 is 0. The molecule has 2 aromatic heterocycles. The Morgan fingerprint density at radius 3 is 2.70 bits per heavy atom. The number of halogens is 3. The number of anilines is 1. The number of pyridine rings is 1. The first-order valence-electron chi connectivity index (χ1n) is 7.94. The number of carbonyl (C=O) groups excluding carboxylic acids is 2. The fourth-order valence-corrected chi connectivity index (χ4v) is 2.59. The van der Waals surface area contributed by atoms with Crippen molar-refractivity contribution in [2.75, 3.05) is 11.9 Å². The highest BCUT2D eigenvalue weighted by atomic mass is 19.4. The minimum Gasteiger partial charge on any atom is -0.364 e. The lowest BCUT2D eigenvalue weighted by molar-refractivity contribution is -0.127. The molecule has 3 aromatic rings. The van der Waals surface area contributed by atoms with E-state index < -0.39 is 18.9 Å². The predicted octanol–water partition coefficient (Wildman–Crippen LogP) is 2.90. The van der Waals surface area contributed by atoms with Gasteiger partial charge in [-0.1, -0.05) is 12.1 Å². The van der Waals surface area contributed by atoms with Gasteiger partial charge in [0, 0.05) is 23.0 Å². The quantitative estimate of drug-likeness (QED) is 0.490. The summed E-state index contributed by atoms with van der Waals surface area (Å²) in [5.41, 5.74) is 3.03. The molecule has 0 radical (unpaired) electrons. The van der Waals surface area contributed by atoms with E-state index in [1.807, 2.05) is 0 Å². The van der Waals surface area contributed by atoms with Crippen molar-refractivity contribution >= 4 is 23.9 Å². The second kappa shape index (κ2) is 7.58. The summed E-state index contributed by atoms with van der Waals surface area (Å²) in [6.07, 6.45) is -1.16. The molecular formula is C18H15F3N4O2. The number of imidazole rings is 1. The van der Waals surface area contributed by atoms with Crippen molar-refractivity contribution in [3.05, 3.63) is 54.4 Å². The van der Waals surface area contributed by atoms with Crippen LogP contribution in [0.2, 0.25) is 0 Å². The van der Waals surface area contributed by atoms with Crippen LogP contribution in [0.3, 0.4) is 0 Å². The molecule has 2 N–H and O–H groups in total. The van der Waals surface area contributed by atoms with E-state index in [0.29, 0.717) is 23.2 Å². The van der Waals surface area contributed by atoms with E-state index in [1.165, 1.54) is 0 Å². The number of nitrogens with one attached hydrogen (secondary N) is 2. The summed E-state index contributed by atoms with van der Waals surface area (Å²) in [5.74, 6) is 0. The van der Waals surface area contributed by atoms with Gasteiger partial charge in [0.05, 0.1) is 18.4 Å². The topological polar surface area (TPSA) is 75.5 Å². The van der Waals surface area contributed by atoms with E-state index in [4.69, 9.17) is 0 Å². The Bertz CT molecular complexity index is 969. The van der Waals surface area contributed by atoms with Crippen molar-refractivity contribution < 1.29 is 22.8 Å². The van der Waals surface area contributed by atoms with Gasteiger partial charge < -0.3 is 5.32 Å². The zero-order chi connectivity index (χ0) is 19.4. The van der Waals surface area contributed by atoms with Gasteiger partial charge in [-0.25, -0.2) is 4.98 Å².